The molecule has 0 bridgehead atoms. The first-order chi connectivity index (χ1) is 9.74. The largest absolute Gasteiger partial charge is 0.383 e. The maximum Gasteiger partial charge on any atom is 0.163 e. The molecule has 1 aromatic carbocycles. The van der Waals surface area contributed by atoms with Gasteiger partial charge in [-0.2, -0.15) is 0 Å². The van der Waals surface area contributed by atoms with Crippen LogP contribution < -0.4 is 5.73 Å². The molecule has 1 aliphatic carbocycles. The number of rotatable bonds is 2. The van der Waals surface area contributed by atoms with Crippen molar-refractivity contribution in [2.75, 3.05) is 5.73 Å². The Morgan fingerprint density at radius 1 is 1.20 bits per heavy atom. The van der Waals surface area contributed by atoms with E-state index in [1.807, 2.05) is 6.07 Å². The summed E-state index contributed by atoms with van der Waals surface area (Å²) in [7, 11) is 0. The molecule has 0 atom stereocenters. The first kappa shape index (κ1) is 12.3. The summed E-state index contributed by atoms with van der Waals surface area (Å²) in [5.41, 5.74) is 8.18. The highest BCUT2D eigenvalue weighted by Crippen LogP contribution is 2.44. The van der Waals surface area contributed by atoms with E-state index in [4.69, 9.17) is 10.7 Å². The van der Waals surface area contributed by atoms with Crippen LogP contribution in [0.15, 0.2) is 34.1 Å². The molecule has 100 valence electrons. The van der Waals surface area contributed by atoms with E-state index in [0.717, 1.165) is 21.6 Å². The summed E-state index contributed by atoms with van der Waals surface area (Å²) < 4.78 is 2.11. The first-order valence-electron chi connectivity index (χ1n) is 6.53. The molecule has 1 aliphatic rings. The summed E-state index contributed by atoms with van der Waals surface area (Å²) in [5, 5.41) is 3.31. The van der Waals surface area contributed by atoms with E-state index in [1.54, 1.807) is 11.3 Å². The molecule has 0 radical (unpaired) electrons. The van der Waals surface area contributed by atoms with Crippen molar-refractivity contribution in [1.29, 1.82) is 0 Å². The third kappa shape index (κ3) is 1.93. The standard InChI is InChI=1S/C15H12BrN3S/c16-12-13(8-5-6-8)18-15(19-14(12)17)10-7-20-11-4-2-1-3-9(10)11/h1-4,7-8H,5-6H2,(H2,17,18,19). The van der Waals surface area contributed by atoms with Crippen LogP contribution in [0.3, 0.4) is 0 Å². The van der Waals surface area contributed by atoms with Gasteiger partial charge in [0.25, 0.3) is 0 Å². The lowest BCUT2D eigenvalue weighted by atomic mass is 10.1. The zero-order valence-electron chi connectivity index (χ0n) is 10.6. The van der Waals surface area contributed by atoms with Crippen molar-refractivity contribution >= 4 is 43.2 Å². The van der Waals surface area contributed by atoms with Crippen molar-refractivity contribution in [3.05, 3.63) is 39.8 Å². The third-order valence-corrected chi connectivity index (χ3v) is 5.36. The Morgan fingerprint density at radius 3 is 2.80 bits per heavy atom. The SMILES string of the molecule is Nc1nc(-c2csc3ccccc23)nc(C2CC2)c1Br. The van der Waals surface area contributed by atoms with E-state index in [2.05, 4.69) is 44.5 Å². The summed E-state index contributed by atoms with van der Waals surface area (Å²) in [6, 6.07) is 8.32. The molecule has 2 heterocycles. The lowest BCUT2D eigenvalue weighted by molar-refractivity contribution is 0.986. The van der Waals surface area contributed by atoms with Crippen LogP contribution >= 0.6 is 27.3 Å². The van der Waals surface area contributed by atoms with Gasteiger partial charge in [-0.1, -0.05) is 18.2 Å². The molecular formula is C15H12BrN3S. The summed E-state index contributed by atoms with van der Waals surface area (Å²) >= 11 is 5.24. The molecule has 0 aliphatic heterocycles. The molecule has 3 nitrogen and oxygen atoms in total. The minimum Gasteiger partial charge on any atom is -0.383 e. The van der Waals surface area contributed by atoms with Crippen molar-refractivity contribution in [3.63, 3.8) is 0 Å². The number of nitrogen functional groups attached to an aromatic ring is 1. The second-order valence-corrected chi connectivity index (χ2v) is 6.76. The first-order valence-corrected chi connectivity index (χ1v) is 8.21. The predicted octanol–water partition coefficient (Wildman–Crippen LogP) is 4.58. The molecule has 1 saturated carbocycles. The van der Waals surface area contributed by atoms with E-state index < -0.39 is 0 Å². The molecule has 0 unspecified atom stereocenters. The second kappa shape index (κ2) is 4.53. The third-order valence-electron chi connectivity index (χ3n) is 3.59. The number of halogens is 1. The zero-order chi connectivity index (χ0) is 13.7. The number of hydrogen-bond donors (Lipinski definition) is 1. The van der Waals surface area contributed by atoms with Gasteiger partial charge in [-0.3, -0.25) is 0 Å². The highest BCUT2D eigenvalue weighted by Gasteiger charge is 2.29. The fourth-order valence-corrected chi connectivity index (χ4v) is 3.82. The Labute approximate surface area is 129 Å². The number of fused-ring (bicyclic) bond motifs is 1. The van der Waals surface area contributed by atoms with Gasteiger partial charge < -0.3 is 5.73 Å². The predicted molar refractivity (Wildman–Crippen MR) is 86.9 cm³/mol. The van der Waals surface area contributed by atoms with Crippen LogP contribution in [0.2, 0.25) is 0 Å². The molecule has 0 amide bonds. The van der Waals surface area contributed by atoms with Gasteiger partial charge in [0.05, 0.1) is 10.2 Å². The number of thiophene rings is 1. The van der Waals surface area contributed by atoms with Crippen molar-refractivity contribution in [3.8, 4) is 11.4 Å². The van der Waals surface area contributed by atoms with Crippen LogP contribution in [-0.2, 0) is 0 Å². The van der Waals surface area contributed by atoms with Crippen LogP contribution in [-0.4, -0.2) is 9.97 Å². The Hall–Kier alpha value is -1.46. The van der Waals surface area contributed by atoms with Crippen molar-refractivity contribution in [2.24, 2.45) is 0 Å². The van der Waals surface area contributed by atoms with E-state index >= 15 is 0 Å². The molecular weight excluding hydrogens is 334 g/mol. The lowest BCUT2D eigenvalue weighted by Gasteiger charge is -2.07. The molecule has 2 aromatic heterocycles. The van der Waals surface area contributed by atoms with Crippen LogP contribution in [0.25, 0.3) is 21.5 Å². The van der Waals surface area contributed by atoms with Crippen molar-refractivity contribution in [2.45, 2.75) is 18.8 Å². The van der Waals surface area contributed by atoms with Crippen LogP contribution in [0.1, 0.15) is 24.5 Å². The molecule has 0 saturated heterocycles. The van der Waals surface area contributed by atoms with Crippen molar-refractivity contribution < 1.29 is 0 Å². The Kier molecular flexibility index (Phi) is 2.79. The van der Waals surface area contributed by atoms with Gasteiger partial charge in [0.2, 0.25) is 0 Å². The van der Waals surface area contributed by atoms with Gasteiger partial charge in [-0.25, -0.2) is 9.97 Å². The molecule has 4 rings (SSSR count). The highest BCUT2D eigenvalue weighted by atomic mass is 79.9. The number of nitrogens with zero attached hydrogens (tertiary/aromatic N) is 2. The molecule has 0 spiro atoms. The van der Waals surface area contributed by atoms with E-state index in [9.17, 15) is 0 Å². The van der Waals surface area contributed by atoms with Gasteiger partial charge >= 0.3 is 0 Å². The van der Waals surface area contributed by atoms with Gasteiger partial charge in [0, 0.05) is 26.9 Å². The molecule has 3 aromatic rings. The zero-order valence-corrected chi connectivity index (χ0v) is 13.0. The fourth-order valence-electron chi connectivity index (χ4n) is 2.38. The van der Waals surface area contributed by atoms with Crippen LogP contribution in [0.4, 0.5) is 5.82 Å². The van der Waals surface area contributed by atoms with Gasteiger partial charge in [0.1, 0.15) is 5.82 Å². The molecule has 2 N–H and O–H groups in total. The quantitative estimate of drug-likeness (QED) is 0.739. The maximum absolute atomic E-state index is 6.04. The summed E-state index contributed by atoms with van der Waals surface area (Å²) in [4.78, 5) is 9.22. The summed E-state index contributed by atoms with van der Waals surface area (Å²) in [6.07, 6.45) is 2.39. The Balaban J connectivity index is 1.94. The van der Waals surface area contributed by atoms with E-state index in [1.165, 1.54) is 22.9 Å². The van der Waals surface area contributed by atoms with Gasteiger partial charge in [-0.05, 0) is 34.8 Å². The van der Waals surface area contributed by atoms with Crippen molar-refractivity contribution in [1.82, 2.24) is 9.97 Å². The number of benzene rings is 1. The van der Waals surface area contributed by atoms with Gasteiger partial charge in [-0.15, -0.1) is 11.3 Å². The van der Waals surface area contributed by atoms with E-state index in [0.29, 0.717) is 11.7 Å². The normalized spacial score (nSPS) is 14.8. The monoisotopic (exact) mass is 345 g/mol. The van der Waals surface area contributed by atoms with E-state index in [-0.39, 0.29) is 0 Å². The minimum absolute atomic E-state index is 0.534. The van der Waals surface area contributed by atoms with Gasteiger partial charge in [0.15, 0.2) is 5.82 Å². The maximum atomic E-state index is 6.04. The number of anilines is 1. The average Bonchev–Trinajstić information content (AvgIpc) is 3.21. The minimum atomic E-state index is 0.534. The molecule has 1 fully saturated rings. The fraction of sp³-hybridized carbons (Fsp3) is 0.200. The Morgan fingerprint density at radius 2 is 2.00 bits per heavy atom. The van der Waals surface area contributed by atoms with Crippen LogP contribution in [0.5, 0.6) is 0 Å². The molecule has 5 heteroatoms. The summed E-state index contributed by atoms with van der Waals surface area (Å²) in [5.74, 6) is 1.82. The van der Waals surface area contributed by atoms with Crippen LogP contribution in [0, 0.1) is 0 Å². The Bertz CT molecular complexity index is 808. The molecule has 20 heavy (non-hydrogen) atoms. The number of aromatic nitrogens is 2. The highest BCUT2D eigenvalue weighted by molar-refractivity contribution is 9.10. The smallest absolute Gasteiger partial charge is 0.163 e. The average molecular weight is 346 g/mol. The topological polar surface area (TPSA) is 51.8 Å². The second-order valence-electron chi connectivity index (χ2n) is 5.05. The lowest BCUT2D eigenvalue weighted by Crippen LogP contribution is -2.01. The number of hydrogen-bond acceptors (Lipinski definition) is 4. The number of nitrogens with two attached hydrogens (primary N) is 1. The summed E-state index contributed by atoms with van der Waals surface area (Å²) in [6.45, 7) is 0.